The van der Waals surface area contributed by atoms with Gasteiger partial charge in [-0.05, 0) is 36.4 Å². The van der Waals surface area contributed by atoms with Gasteiger partial charge in [0.15, 0.2) is 5.79 Å². The summed E-state index contributed by atoms with van der Waals surface area (Å²) in [5.74, 6) is -1.10. The molecule has 0 amide bonds. The van der Waals surface area contributed by atoms with Crippen molar-refractivity contribution in [2.75, 3.05) is 6.61 Å². The Labute approximate surface area is 138 Å². The fraction of sp³-hybridized carbons (Fsp3) is 0.667. The molecule has 0 saturated carbocycles. The summed E-state index contributed by atoms with van der Waals surface area (Å²) in [6.07, 6.45) is -5.56. The maximum Gasteiger partial charge on any atom is 0.330 e. The van der Waals surface area contributed by atoms with Crippen LogP contribution >= 0.6 is 22.6 Å². The Hall–Kier alpha value is -0.820. The largest absolute Gasteiger partial charge is 0.388 e. The topological polar surface area (TPSA) is 114 Å². The molecule has 1 unspecified atom stereocenters. The molecule has 8 nitrogen and oxygen atoms in total. The second-order valence-electron chi connectivity index (χ2n) is 5.37. The lowest BCUT2D eigenvalue weighted by Gasteiger charge is -2.41. The highest BCUT2D eigenvalue weighted by Crippen LogP contribution is 2.28. The van der Waals surface area contributed by atoms with Crippen LogP contribution in [0.15, 0.2) is 15.8 Å². The van der Waals surface area contributed by atoms with Crippen LogP contribution in [-0.4, -0.2) is 50.5 Å². The summed E-state index contributed by atoms with van der Waals surface area (Å²) in [6.45, 7) is 2.97. The molecule has 0 bridgehead atoms. The van der Waals surface area contributed by atoms with E-state index in [1.807, 2.05) is 4.98 Å². The molecule has 10 heteroatoms. The summed E-state index contributed by atoms with van der Waals surface area (Å²) in [7, 11) is 0. The SMILES string of the molecule is CC1(C)OC[C@@H](O)C([C@@H](O)[C@H](F)n2cc(I)c(=O)[nH]c2=O)O1. The van der Waals surface area contributed by atoms with Crippen molar-refractivity contribution in [3.05, 3.63) is 30.6 Å². The van der Waals surface area contributed by atoms with Crippen molar-refractivity contribution in [3.63, 3.8) is 0 Å². The van der Waals surface area contributed by atoms with E-state index in [2.05, 4.69) is 0 Å². The monoisotopic (exact) mass is 430 g/mol. The van der Waals surface area contributed by atoms with Crippen LogP contribution in [0.3, 0.4) is 0 Å². The summed E-state index contributed by atoms with van der Waals surface area (Å²) in [4.78, 5) is 24.9. The maximum atomic E-state index is 14.5. The van der Waals surface area contributed by atoms with Crippen molar-refractivity contribution in [1.29, 1.82) is 0 Å². The van der Waals surface area contributed by atoms with Crippen LogP contribution in [-0.2, 0) is 9.47 Å². The van der Waals surface area contributed by atoms with Gasteiger partial charge in [-0.25, -0.2) is 9.18 Å². The molecule has 0 radical (unpaired) electrons. The highest BCUT2D eigenvalue weighted by molar-refractivity contribution is 14.1. The molecule has 2 rings (SSSR count). The van der Waals surface area contributed by atoms with Crippen LogP contribution in [0, 0.1) is 3.57 Å². The van der Waals surface area contributed by atoms with Gasteiger partial charge < -0.3 is 19.7 Å². The first kappa shape index (κ1) is 17.5. The van der Waals surface area contributed by atoms with Gasteiger partial charge in [0.25, 0.3) is 5.56 Å². The number of rotatable bonds is 3. The molecule has 1 saturated heterocycles. The van der Waals surface area contributed by atoms with E-state index < -0.39 is 41.6 Å². The van der Waals surface area contributed by atoms with E-state index in [-0.39, 0.29) is 10.2 Å². The molecular formula is C12H16FIN2O6. The lowest BCUT2D eigenvalue weighted by Crippen LogP contribution is -2.55. The van der Waals surface area contributed by atoms with Gasteiger partial charge >= 0.3 is 5.69 Å². The van der Waals surface area contributed by atoms with E-state index in [0.29, 0.717) is 4.57 Å². The Balaban J connectivity index is 2.28. The van der Waals surface area contributed by atoms with E-state index in [9.17, 15) is 24.2 Å². The fourth-order valence-electron chi connectivity index (χ4n) is 2.08. The Kier molecular flexibility index (Phi) is 5.06. The highest BCUT2D eigenvalue weighted by Gasteiger charge is 2.43. The number of hydrogen-bond donors (Lipinski definition) is 3. The molecule has 0 spiro atoms. The molecule has 22 heavy (non-hydrogen) atoms. The van der Waals surface area contributed by atoms with Crippen molar-refractivity contribution in [2.24, 2.45) is 0 Å². The Morgan fingerprint density at radius 3 is 2.82 bits per heavy atom. The zero-order valence-corrected chi connectivity index (χ0v) is 14.0. The van der Waals surface area contributed by atoms with Crippen molar-refractivity contribution < 1.29 is 24.1 Å². The van der Waals surface area contributed by atoms with E-state index >= 15 is 0 Å². The van der Waals surface area contributed by atoms with Crippen LogP contribution < -0.4 is 11.2 Å². The van der Waals surface area contributed by atoms with Crippen LogP contribution in [0.2, 0.25) is 0 Å². The van der Waals surface area contributed by atoms with Gasteiger partial charge in [0, 0.05) is 6.20 Å². The smallest absolute Gasteiger partial charge is 0.330 e. The van der Waals surface area contributed by atoms with Gasteiger partial charge in [0.2, 0.25) is 6.30 Å². The summed E-state index contributed by atoms with van der Waals surface area (Å²) >= 11 is 1.64. The molecule has 0 aromatic carbocycles. The molecule has 124 valence electrons. The average molecular weight is 430 g/mol. The third-order valence-electron chi connectivity index (χ3n) is 3.21. The van der Waals surface area contributed by atoms with Crippen LogP contribution in [0.4, 0.5) is 4.39 Å². The number of aliphatic hydroxyl groups excluding tert-OH is 2. The van der Waals surface area contributed by atoms with Crippen molar-refractivity contribution in [1.82, 2.24) is 9.55 Å². The summed E-state index contributed by atoms with van der Waals surface area (Å²) in [5.41, 5.74) is -1.65. The number of nitrogens with zero attached hydrogens (tertiary/aromatic N) is 1. The molecule has 4 atom stereocenters. The molecule has 2 heterocycles. The standard InChI is InChI=1S/C12H16FIN2O6/c1-12(2)21-4-6(17)8(22-12)7(18)9(13)16-3-5(14)10(19)15-11(16)20/h3,6-9,17-18H,4H2,1-2H3,(H,15,19,20)/t6-,7-,8?,9-/m1/s1. The normalized spacial score (nSPS) is 27.4. The van der Waals surface area contributed by atoms with Gasteiger partial charge in [0.1, 0.15) is 18.3 Å². The van der Waals surface area contributed by atoms with Gasteiger partial charge in [-0.3, -0.25) is 14.3 Å². The third-order valence-corrected chi connectivity index (χ3v) is 3.98. The maximum absolute atomic E-state index is 14.5. The second kappa shape index (κ2) is 6.35. The van der Waals surface area contributed by atoms with Crippen molar-refractivity contribution in [2.45, 2.75) is 44.2 Å². The number of aromatic amines is 1. The number of aliphatic hydroxyl groups is 2. The fourth-order valence-corrected chi connectivity index (χ4v) is 2.52. The average Bonchev–Trinajstić information content (AvgIpc) is 2.44. The first-order valence-electron chi connectivity index (χ1n) is 6.45. The third kappa shape index (κ3) is 3.56. The van der Waals surface area contributed by atoms with Gasteiger partial charge in [-0.15, -0.1) is 0 Å². The molecule has 1 aliphatic heterocycles. The summed E-state index contributed by atoms with van der Waals surface area (Å²) in [6, 6.07) is 0. The lowest BCUT2D eigenvalue weighted by atomic mass is 10.1. The van der Waals surface area contributed by atoms with E-state index in [1.165, 1.54) is 0 Å². The first-order valence-corrected chi connectivity index (χ1v) is 7.53. The van der Waals surface area contributed by atoms with E-state index in [4.69, 9.17) is 9.47 Å². The number of hydrogen-bond acceptors (Lipinski definition) is 6. The van der Waals surface area contributed by atoms with E-state index in [0.717, 1.165) is 6.20 Å². The minimum atomic E-state index is -2.20. The van der Waals surface area contributed by atoms with Crippen LogP contribution in [0.25, 0.3) is 0 Å². The molecular weight excluding hydrogens is 414 g/mol. The zero-order valence-electron chi connectivity index (χ0n) is 11.8. The van der Waals surface area contributed by atoms with Crippen LogP contribution in [0.1, 0.15) is 20.1 Å². The molecule has 0 aliphatic carbocycles. The summed E-state index contributed by atoms with van der Waals surface area (Å²) in [5, 5.41) is 19.9. The summed E-state index contributed by atoms with van der Waals surface area (Å²) < 4.78 is 25.6. The number of ether oxygens (including phenoxy) is 2. The lowest BCUT2D eigenvalue weighted by molar-refractivity contribution is -0.324. The zero-order chi connectivity index (χ0) is 16.7. The van der Waals surface area contributed by atoms with E-state index in [1.54, 1.807) is 36.4 Å². The van der Waals surface area contributed by atoms with Gasteiger partial charge in [-0.2, -0.15) is 0 Å². The molecule has 1 aromatic rings. The number of halogens is 2. The van der Waals surface area contributed by atoms with Crippen LogP contribution in [0.5, 0.6) is 0 Å². The number of H-pyrrole nitrogens is 1. The quantitative estimate of drug-likeness (QED) is 0.557. The molecule has 3 N–H and O–H groups in total. The predicted octanol–water partition coefficient (Wildman–Crippen LogP) is -0.517. The first-order chi connectivity index (χ1) is 10.1. The number of aromatic nitrogens is 2. The molecule has 1 aliphatic rings. The minimum absolute atomic E-state index is 0.0841. The van der Waals surface area contributed by atoms with Crippen molar-refractivity contribution >= 4 is 22.6 Å². The van der Waals surface area contributed by atoms with Crippen molar-refractivity contribution in [3.8, 4) is 0 Å². The Bertz CT molecular complexity index is 660. The molecule has 1 aromatic heterocycles. The van der Waals surface area contributed by atoms with Gasteiger partial charge in [-0.1, -0.05) is 0 Å². The highest BCUT2D eigenvalue weighted by atomic mass is 127. The number of alkyl halides is 1. The minimum Gasteiger partial charge on any atom is -0.388 e. The second-order valence-corrected chi connectivity index (χ2v) is 6.53. The Morgan fingerprint density at radius 1 is 1.55 bits per heavy atom. The van der Waals surface area contributed by atoms with Gasteiger partial charge in [0.05, 0.1) is 10.2 Å². The molecule has 1 fully saturated rings. The Morgan fingerprint density at radius 2 is 2.18 bits per heavy atom. The number of nitrogens with one attached hydrogen (secondary N) is 1. The predicted molar refractivity (Wildman–Crippen MR) is 81.1 cm³/mol.